The van der Waals surface area contributed by atoms with Crippen LogP contribution in [0, 0.1) is 0 Å². The third-order valence-electron chi connectivity index (χ3n) is 15.7. The Balaban J connectivity index is 5.37. The Morgan fingerprint density at radius 3 is 0.959 bits per heavy atom. The molecule has 0 aliphatic heterocycles. The molecule has 98 heavy (non-hydrogen) atoms. The summed E-state index contributed by atoms with van der Waals surface area (Å²) in [5.41, 5.74) is 0. The molecule has 0 spiro atoms. The van der Waals surface area contributed by atoms with Crippen LogP contribution in [0.4, 0.5) is 0 Å². The highest BCUT2D eigenvalue weighted by atomic mass is 31.2. The smallest absolute Gasteiger partial charge is 0.462 e. The predicted octanol–water partition coefficient (Wildman–Crippen LogP) is 21.8. The Morgan fingerprint density at radius 1 is 0.296 bits per heavy atom. The molecule has 0 saturated carbocycles. The fourth-order valence-electron chi connectivity index (χ4n) is 9.91. The average Bonchev–Trinajstić information content (AvgIpc) is 0.972. The van der Waals surface area contributed by atoms with Gasteiger partial charge in [-0.1, -0.05) is 285 Å². The molecule has 0 aromatic heterocycles. The van der Waals surface area contributed by atoms with Crippen LogP contribution in [0.3, 0.4) is 0 Å². The Labute approximate surface area is 594 Å². The zero-order valence-electron chi connectivity index (χ0n) is 61.4. The molecule has 0 bridgehead atoms. The minimum atomic E-state index is -4.99. The largest absolute Gasteiger partial charge is 0.472 e. The molecule has 19 heteroatoms. The first-order chi connectivity index (χ1) is 47.7. The van der Waals surface area contributed by atoms with E-state index < -0.39 is 97.5 Å². The molecule has 5 atom stereocenters. The monoisotopic (exact) mass is 1420 g/mol. The van der Waals surface area contributed by atoms with Gasteiger partial charge in [0, 0.05) is 25.7 Å². The van der Waals surface area contributed by atoms with E-state index in [-0.39, 0.29) is 25.7 Å². The summed E-state index contributed by atoms with van der Waals surface area (Å²) in [7, 11) is -9.97. The number of aliphatic hydroxyl groups excluding tert-OH is 1. The Bertz CT molecular complexity index is 2290. The quantitative estimate of drug-likeness (QED) is 0.0169. The standard InChI is InChI=1S/C79H136O17P2/c1-5-9-13-17-21-25-29-32-34-35-36-37-39-42-45-48-52-56-60-64-77(82)90-70-75(96-79(84)66-62-58-54-50-46-40-31-27-23-19-15-11-7-3)72-94-98(87,88)92-68-73(80)67-91-97(85,86)93-71-74(95-78(83)65-61-57-53-49-43-28-24-20-16-12-8-4)69-89-76(81)63-59-55-51-47-44-41-38-33-30-26-22-18-14-10-6-2/h9,13,15,19-21,24-25,27,31-32,34,36-37,42,45,52,56,73-75,80H,5-8,10-12,14,16-18,22-23,26,28-30,33,35,38-41,43-44,46-51,53-55,57-72H2,1-4H3,(H,85,86)(H,87,88)/b13-9-,19-15-,24-20-,25-21-,31-27-,34-32-,37-36-,45-42-,56-52-. The molecular formula is C79H136O17P2. The molecule has 3 N–H and O–H groups in total. The van der Waals surface area contributed by atoms with Gasteiger partial charge in [-0.15, -0.1) is 0 Å². The highest BCUT2D eigenvalue weighted by Gasteiger charge is 2.30. The van der Waals surface area contributed by atoms with E-state index in [9.17, 15) is 43.2 Å². The summed E-state index contributed by atoms with van der Waals surface area (Å²) >= 11 is 0. The number of ether oxygens (including phenoxy) is 4. The first kappa shape index (κ1) is 93.7. The van der Waals surface area contributed by atoms with E-state index in [4.69, 9.17) is 37.0 Å². The fourth-order valence-corrected chi connectivity index (χ4v) is 11.5. The van der Waals surface area contributed by atoms with E-state index >= 15 is 0 Å². The first-order valence-electron chi connectivity index (χ1n) is 38.1. The molecular weight excluding hydrogens is 1280 g/mol. The van der Waals surface area contributed by atoms with Crippen LogP contribution in [0.1, 0.15) is 310 Å². The topological polar surface area (TPSA) is 237 Å². The molecule has 0 rings (SSSR count). The fraction of sp³-hybridized carbons (Fsp3) is 0.722. The molecule has 0 aliphatic rings. The van der Waals surface area contributed by atoms with Gasteiger partial charge in [0.05, 0.1) is 26.4 Å². The number of esters is 4. The highest BCUT2D eigenvalue weighted by molar-refractivity contribution is 7.47. The second-order valence-electron chi connectivity index (χ2n) is 25.2. The summed E-state index contributed by atoms with van der Waals surface area (Å²) in [6.07, 6.45) is 75.3. The minimum Gasteiger partial charge on any atom is -0.462 e. The summed E-state index contributed by atoms with van der Waals surface area (Å²) in [5.74, 6) is -2.29. The lowest BCUT2D eigenvalue weighted by Gasteiger charge is -2.21. The van der Waals surface area contributed by atoms with E-state index in [1.54, 1.807) is 0 Å². The van der Waals surface area contributed by atoms with Crippen LogP contribution in [0.15, 0.2) is 109 Å². The van der Waals surface area contributed by atoms with Gasteiger partial charge in [0.15, 0.2) is 12.2 Å². The van der Waals surface area contributed by atoms with E-state index in [0.717, 1.165) is 141 Å². The summed E-state index contributed by atoms with van der Waals surface area (Å²) in [6, 6.07) is 0. The van der Waals surface area contributed by atoms with Gasteiger partial charge >= 0.3 is 39.5 Å². The maximum Gasteiger partial charge on any atom is 0.472 e. The number of phosphoric acid groups is 2. The van der Waals surface area contributed by atoms with Crippen molar-refractivity contribution in [3.05, 3.63) is 109 Å². The van der Waals surface area contributed by atoms with Crippen LogP contribution in [0.5, 0.6) is 0 Å². The number of allylic oxidation sites excluding steroid dienone is 18. The lowest BCUT2D eigenvalue weighted by Crippen LogP contribution is -2.30. The van der Waals surface area contributed by atoms with Gasteiger partial charge in [0.2, 0.25) is 0 Å². The van der Waals surface area contributed by atoms with Gasteiger partial charge in [-0.25, -0.2) is 9.13 Å². The number of rotatable bonds is 71. The van der Waals surface area contributed by atoms with E-state index in [2.05, 4.69) is 119 Å². The Kier molecular flexibility index (Phi) is 68.0. The molecule has 0 aromatic rings. The van der Waals surface area contributed by atoms with Crippen LogP contribution in [0.2, 0.25) is 0 Å². The van der Waals surface area contributed by atoms with E-state index in [1.807, 2.05) is 18.2 Å². The van der Waals surface area contributed by atoms with Crippen molar-refractivity contribution in [3.8, 4) is 0 Å². The zero-order chi connectivity index (χ0) is 71.8. The summed E-state index contributed by atoms with van der Waals surface area (Å²) in [5, 5.41) is 10.6. The number of carbonyl (C=O) groups is 4. The van der Waals surface area contributed by atoms with Gasteiger partial charge in [-0.05, 0) is 109 Å². The summed E-state index contributed by atoms with van der Waals surface area (Å²) in [4.78, 5) is 72.7. The van der Waals surface area contributed by atoms with Crippen LogP contribution in [-0.4, -0.2) is 96.7 Å². The lowest BCUT2D eigenvalue weighted by atomic mass is 10.0. The van der Waals surface area contributed by atoms with Gasteiger partial charge in [-0.3, -0.25) is 37.3 Å². The lowest BCUT2D eigenvalue weighted by molar-refractivity contribution is -0.161. The maximum atomic E-state index is 13.1. The van der Waals surface area contributed by atoms with Crippen molar-refractivity contribution in [2.45, 2.75) is 329 Å². The predicted molar refractivity (Wildman–Crippen MR) is 399 cm³/mol. The van der Waals surface area contributed by atoms with Gasteiger partial charge in [0.25, 0.3) is 0 Å². The minimum absolute atomic E-state index is 0.0319. The normalized spacial score (nSPS) is 14.6. The van der Waals surface area contributed by atoms with Crippen molar-refractivity contribution < 1.29 is 80.2 Å². The molecule has 0 amide bonds. The Hall–Kier alpha value is -4.28. The van der Waals surface area contributed by atoms with Crippen LogP contribution >= 0.6 is 15.6 Å². The van der Waals surface area contributed by atoms with E-state index in [0.29, 0.717) is 32.1 Å². The first-order valence-corrected chi connectivity index (χ1v) is 41.1. The molecule has 0 aromatic carbocycles. The van der Waals surface area contributed by atoms with Crippen LogP contribution in [-0.2, 0) is 65.4 Å². The number of hydrogen-bond donors (Lipinski definition) is 3. The molecule has 0 fully saturated rings. The van der Waals surface area contributed by atoms with Crippen molar-refractivity contribution in [1.82, 2.24) is 0 Å². The molecule has 17 nitrogen and oxygen atoms in total. The third-order valence-corrected chi connectivity index (χ3v) is 17.6. The average molecular weight is 1420 g/mol. The molecule has 0 radical (unpaired) electrons. The molecule has 0 saturated heterocycles. The van der Waals surface area contributed by atoms with Crippen LogP contribution in [0.25, 0.3) is 0 Å². The molecule has 564 valence electrons. The Morgan fingerprint density at radius 2 is 0.582 bits per heavy atom. The maximum absolute atomic E-state index is 13.1. The number of hydrogen-bond acceptors (Lipinski definition) is 15. The van der Waals surface area contributed by atoms with Gasteiger partial charge in [-0.2, -0.15) is 0 Å². The number of unbranched alkanes of at least 4 members (excludes halogenated alkanes) is 27. The number of carbonyl (C=O) groups excluding carboxylic acids is 4. The van der Waals surface area contributed by atoms with Crippen LogP contribution < -0.4 is 0 Å². The molecule has 5 unspecified atom stereocenters. The van der Waals surface area contributed by atoms with Gasteiger partial charge in [0.1, 0.15) is 19.3 Å². The van der Waals surface area contributed by atoms with Crippen molar-refractivity contribution in [3.63, 3.8) is 0 Å². The second-order valence-corrected chi connectivity index (χ2v) is 28.1. The van der Waals surface area contributed by atoms with Crippen molar-refractivity contribution >= 4 is 39.5 Å². The number of phosphoric ester groups is 2. The van der Waals surface area contributed by atoms with Gasteiger partial charge < -0.3 is 33.8 Å². The van der Waals surface area contributed by atoms with Crippen molar-refractivity contribution in [2.24, 2.45) is 0 Å². The molecule has 0 aliphatic carbocycles. The second kappa shape index (κ2) is 71.1. The highest BCUT2D eigenvalue weighted by Crippen LogP contribution is 2.45. The molecule has 0 heterocycles. The third kappa shape index (κ3) is 70.2. The van der Waals surface area contributed by atoms with Crippen molar-refractivity contribution in [2.75, 3.05) is 39.6 Å². The van der Waals surface area contributed by atoms with E-state index in [1.165, 1.54) is 83.5 Å². The zero-order valence-corrected chi connectivity index (χ0v) is 63.2. The summed E-state index contributed by atoms with van der Waals surface area (Å²) < 4.78 is 68.3. The van der Waals surface area contributed by atoms with Crippen molar-refractivity contribution in [1.29, 1.82) is 0 Å². The number of aliphatic hydroxyl groups is 1. The summed E-state index contributed by atoms with van der Waals surface area (Å²) in [6.45, 7) is 4.56. The SMILES string of the molecule is CC/C=C\C/C=C\C/C=C\C/C=C\C/C=C\C/C=C\CCC(=O)OCC(COP(=O)(O)OCC(O)COP(=O)(O)OCC(COC(=O)CCCCCCCCCCCCCCCCC)OC(=O)CCCCCCC/C=C\CCCC)OC(=O)CCCCCCC/C=C\C/C=C\CCC.